The van der Waals surface area contributed by atoms with E-state index in [0.717, 1.165) is 25.1 Å². The number of nitrogens with one attached hydrogen (secondary N) is 1. The predicted octanol–water partition coefficient (Wildman–Crippen LogP) is 4.48. The van der Waals surface area contributed by atoms with Crippen LogP contribution in [-0.4, -0.2) is 37.5 Å². The van der Waals surface area contributed by atoms with Crippen LogP contribution in [0.4, 0.5) is 13.2 Å². The third-order valence-electron chi connectivity index (χ3n) is 4.75. The van der Waals surface area contributed by atoms with Gasteiger partial charge in [-0.15, -0.1) is 12.4 Å². The quantitative estimate of drug-likeness (QED) is 0.823. The van der Waals surface area contributed by atoms with Crippen LogP contribution in [0.5, 0.6) is 0 Å². The number of nitrogens with zero attached hydrogens (tertiary/aromatic N) is 1. The van der Waals surface area contributed by atoms with Crippen molar-refractivity contribution in [1.82, 2.24) is 10.2 Å². The first-order valence-electron chi connectivity index (χ1n) is 8.60. The van der Waals surface area contributed by atoms with Gasteiger partial charge in [-0.3, -0.25) is 4.79 Å². The monoisotopic (exact) mass is 398 g/mol. The molecule has 7 heteroatoms. The molecule has 2 aromatic rings. The van der Waals surface area contributed by atoms with Gasteiger partial charge in [-0.1, -0.05) is 30.3 Å². The van der Waals surface area contributed by atoms with Crippen LogP contribution >= 0.6 is 12.4 Å². The van der Waals surface area contributed by atoms with E-state index in [2.05, 4.69) is 5.32 Å². The number of amides is 1. The van der Waals surface area contributed by atoms with Gasteiger partial charge in [0.1, 0.15) is 0 Å². The lowest BCUT2D eigenvalue weighted by atomic mass is 9.98. The summed E-state index contributed by atoms with van der Waals surface area (Å²) in [5, 5.41) is 3.13. The Morgan fingerprint density at radius 1 is 1.15 bits per heavy atom. The normalized spacial score (nSPS) is 16.9. The molecule has 1 aliphatic heterocycles. The van der Waals surface area contributed by atoms with Gasteiger partial charge in [0.15, 0.2) is 0 Å². The van der Waals surface area contributed by atoms with Crippen LogP contribution in [0.1, 0.15) is 22.3 Å². The molecule has 146 valence electrons. The van der Waals surface area contributed by atoms with Crippen molar-refractivity contribution in [1.29, 1.82) is 0 Å². The second-order valence-corrected chi connectivity index (χ2v) is 6.58. The molecule has 0 saturated carbocycles. The summed E-state index contributed by atoms with van der Waals surface area (Å²) in [5.41, 5.74) is 1.09. The molecule has 1 unspecified atom stereocenters. The largest absolute Gasteiger partial charge is 0.416 e. The Labute approximate surface area is 163 Å². The fourth-order valence-corrected chi connectivity index (χ4v) is 3.40. The Hall–Kier alpha value is -2.05. The van der Waals surface area contributed by atoms with Crippen LogP contribution in [0.2, 0.25) is 0 Å². The summed E-state index contributed by atoms with van der Waals surface area (Å²) >= 11 is 0. The van der Waals surface area contributed by atoms with Crippen LogP contribution in [-0.2, 0) is 6.18 Å². The van der Waals surface area contributed by atoms with E-state index < -0.39 is 11.7 Å². The summed E-state index contributed by atoms with van der Waals surface area (Å²) in [6.45, 7) is 2.26. The summed E-state index contributed by atoms with van der Waals surface area (Å²) in [5.74, 6) is 0.362. The van der Waals surface area contributed by atoms with E-state index in [1.807, 2.05) is 11.9 Å². The molecule has 3 rings (SSSR count). The van der Waals surface area contributed by atoms with Crippen LogP contribution < -0.4 is 5.32 Å². The van der Waals surface area contributed by atoms with Gasteiger partial charge in [-0.05, 0) is 55.3 Å². The van der Waals surface area contributed by atoms with Crippen molar-refractivity contribution in [2.75, 3.05) is 26.7 Å². The van der Waals surface area contributed by atoms with Crippen LogP contribution in [0.25, 0.3) is 11.1 Å². The number of alkyl halides is 3. The van der Waals surface area contributed by atoms with Crippen molar-refractivity contribution >= 4 is 18.3 Å². The molecule has 1 aliphatic rings. The molecule has 1 heterocycles. The van der Waals surface area contributed by atoms with Crippen molar-refractivity contribution in [2.45, 2.75) is 12.6 Å². The molecule has 0 aromatic heterocycles. The van der Waals surface area contributed by atoms with E-state index in [1.165, 1.54) is 12.1 Å². The Morgan fingerprint density at radius 3 is 2.44 bits per heavy atom. The van der Waals surface area contributed by atoms with E-state index in [-0.39, 0.29) is 18.3 Å². The molecule has 3 nitrogen and oxygen atoms in total. The third kappa shape index (κ3) is 4.82. The van der Waals surface area contributed by atoms with Gasteiger partial charge in [-0.25, -0.2) is 0 Å². The third-order valence-corrected chi connectivity index (χ3v) is 4.75. The number of halogens is 4. The first kappa shape index (κ1) is 21.3. The Morgan fingerprint density at radius 2 is 1.81 bits per heavy atom. The molecule has 0 bridgehead atoms. The van der Waals surface area contributed by atoms with E-state index in [0.29, 0.717) is 35.7 Å². The highest BCUT2D eigenvalue weighted by molar-refractivity contribution is 6.01. The average Bonchev–Trinajstić information content (AvgIpc) is 3.09. The molecule has 1 atom stereocenters. The molecular formula is C20H22ClF3N2O. The number of hydrogen-bond donors (Lipinski definition) is 1. The molecule has 0 radical (unpaired) electrons. The van der Waals surface area contributed by atoms with Gasteiger partial charge in [0.2, 0.25) is 0 Å². The summed E-state index contributed by atoms with van der Waals surface area (Å²) in [4.78, 5) is 14.8. The van der Waals surface area contributed by atoms with E-state index in [1.54, 1.807) is 24.3 Å². The average molecular weight is 399 g/mol. The molecule has 2 aromatic carbocycles. The maximum Gasteiger partial charge on any atom is 0.416 e. The highest BCUT2D eigenvalue weighted by atomic mass is 35.5. The fourth-order valence-electron chi connectivity index (χ4n) is 3.40. The lowest BCUT2D eigenvalue weighted by Gasteiger charge is -2.19. The number of rotatable bonds is 4. The standard InChI is InChI=1S/C20H21F3N2O.ClH/c1-24-12-14-10-11-25(13-14)19(26)18-5-3-2-4-17(18)15-6-8-16(9-7-15)20(21,22)23;/h2-9,14,24H,10-13H2,1H3;1H. The van der Waals surface area contributed by atoms with Crippen LogP contribution in [0, 0.1) is 5.92 Å². The molecule has 0 spiro atoms. The SMILES string of the molecule is CNCC1CCN(C(=O)c2ccccc2-c2ccc(C(F)(F)F)cc2)C1.Cl. The highest BCUT2D eigenvalue weighted by Gasteiger charge is 2.31. The summed E-state index contributed by atoms with van der Waals surface area (Å²) in [6, 6.07) is 12.0. The smallest absolute Gasteiger partial charge is 0.338 e. The minimum absolute atomic E-state index is 0. The molecule has 1 fully saturated rings. The van der Waals surface area contributed by atoms with E-state index in [4.69, 9.17) is 0 Å². The summed E-state index contributed by atoms with van der Waals surface area (Å²) < 4.78 is 38.3. The van der Waals surface area contributed by atoms with Crippen molar-refractivity contribution in [3.05, 3.63) is 59.7 Å². The molecule has 27 heavy (non-hydrogen) atoms. The van der Waals surface area contributed by atoms with Crippen molar-refractivity contribution in [2.24, 2.45) is 5.92 Å². The Kier molecular flexibility index (Phi) is 6.89. The van der Waals surface area contributed by atoms with Gasteiger partial charge < -0.3 is 10.2 Å². The van der Waals surface area contributed by atoms with Crippen molar-refractivity contribution < 1.29 is 18.0 Å². The fraction of sp³-hybridized carbons (Fsp3) is 0.350. The first-order chi connectivity index (χ1) is 12.4. The van der Waals surface area contributed by atoms with E-state index in [9.17, 15) is 18.0 Å². The van der Waals surface area contributed by atoms with Crippen LogP contribution in [0.15, 0.2) is 48.5 Å². The maximum absolute atomic E-state index is 12.9. The molecule has 1 amide bonds. The minimum Gasteiger partial charge on any atom is -0.338 e. The molecule has 0 aliphatic carbocycles. The number of benzene rings is 2. The van der Waals surface area contributed by atoms with Crippen LogP contribution in [0.3, 0.4) is 0 Å². The van der Waals surface area contributed by atoms with Gasteiger partial charge in [0.05, 0.1) is 5.56 Å². The molecular weight excluding hydrogens is 377 g/mol. The van der Waals surface area contributed by atoms with Gasteiger partial charge >= 0.3 is 6.18 Å². The number of hydrogen-bond acceptors (Lipinski definition) is 2. The first-order valence-corrected chi connectivity index (χ1v) is 8.60. The Bertz CT molecular complexity index is 778. The van der Waals surface area contributed by atoms with Gasteiger partial charge in [0.25, 0.3) is 5.91 Å². The second kappa shape index (κ2) is 8.76. The lowest BCUT2D eigenvalue weighted by Crippen LogP contribution is -2.30. The number of likely N-dealkylation sites (tertiary alicyclic amines) is 1. The maximum atomic E-state index is 12.9. The van der Waals surface area contributed by atoms with Gasteiger partial charge in [-0.2, -0.15) is 13.2 Å². The topological polar surface area (TPSA) is 32.3 Å². The molecule has 1 saturated heterocycles. The summed E-state index contributed by atoms with van der Waals surface area (Å²) in [6.07, 6.45) is -3.42. The second-order valence-electron chi connectivity index (χ2n) is 6.58. The zero-order valence-corrected chi connectivity index (χ0v) is 15.7. The van der Waals surface area contributed by atoms with E-state index >= 15 is 0 Å². The minimum atomic E-state index is -4.37. The summed E-state index contributed by atoms with van der Waals surface area (Å²) in [7, 11) is 1.89. The van der Waals surface area contributed by atoms with Crippen molar-refractivity contribution in [3.63, 3.8) is 0 Å². The number of carbonyl (C=O) groups excluding carboxylic acids is 1. The highest BCUT2D eigenvalue weighted by Crippen LogP contribution is 2.32. The van der Waals surface area contributed by atoms with Crippen molar-refractivity contribution in [3.8, 4) is 11.1 Å². The number of carbonyl (C=O) groups is 1. The van der Waals surface area contributed by atoms with Gasteiger partial charge in [0, 0.05) is 18.7 Å². The lowest BCUT2D eigenvalue weighted by molar-refractivity contribution is -0.137. The predicted molar refractivity (Wildman–Crippen MR) is 102 cm³/mol. The zero-order chi connectivity index (χ0) is 18.7. The Balaban J connectivity index is 0.00000261. The molecule has 1 N–H and O–H groups in total. The zero-order valence-electron chi connectivity index (χ0n) is 14.9.